The van der Waals surface area contributed by atoms with Gasteiger partial charge in [-0.05, 0) is 57.4 Å². The van der Waals surface area contributed by atoms with Crippen LogP contribution in [0.25, 0.3) is 5.57 Å². The highest BCUT2D eigenvalue weighted by Gasteiger charge is 2.57. The molecule has 1 aromatic rings. The minimum absolute atomic E-state index is 0.119. The lowest BCUT2D eigenvalue weighted by Gasteiger charge is -2.44. The Hall–Kier alpha value is -2.87. The molecule has 29 heavy (non-hydrogen) atoms. The van der Waals surface area contributed by atoms with Gasteiger partial charge in [-0.2, -0.15) is 0 Å². The number of aliphatic hydroxyl groups excluding tert-OH is 1. The second-order valence-corrected chi connectivity index (χ2v) is 8.43. The van der Waals surface area contributed by atoms with E-state index in [1.165, 1.54) is 4.90 Å². The number of ether oxygens (including phenoxy) is 2. The zero-order valence-corrected chi connectivity index (χ0v) is 17.0. The second kappa shape index (κ2) is 7.51. The van der Waals surface area contributed by atoms with Crippen molar-refractivity contribution in [1.29, 1.82) is 0 Å². The number of fused-ring (bicyclic) bond motifs is 1. The summed E-state index contributed by atoms with van der Waals surface area (Å²) in [5, 5.41) is 9.93. The topological polar surface area (TPSA) is 119 Å². The van der Waals surface area contributed by atoms with Crippen LogP contribution in [0.15, 0.2) is 30.0 Å². The molecule has 0 aromatic heterocycles. The number of rotatable bonds is 5. The van der Waals surface area contributed by atoms with E-state index in [1.54, 1.807) is 52.0 Å². The van der Waals surface area contributed by atoms with E-state index in [2.05, 4.69) is 0 Å². The van der Waals surface area contributed by atoms with Crippen molar-refractivity contribution in [2.24, 2.45) is 11.3 Å². The van der Waals surface area contributed by atoms with Gasteiger partial charge in [-0.25, -0.2) is 4.79 Å². The molecule has 1 saturated heterocycles. The van der Waals surface area contributed by atoms with E-state index in [0.29, 0.717) is 17.7 Å². The second-order valence-electron chi connectivity index (χ2n) is 8.43. The number of carbonyl (C=O) groups is 3. The van der Waals surface area contributed by atoms with Gasteiger partial charge in [-0.1, -0.05) is 12.1 Å². The Morgan fingerprint density at radius 1 is 1.24 bits per heavy atom. The van der Waals surface area contributed by atoms with Crippen molar-refractivity contribution in [1.82, 2.24) is 4.90 Å². The summed E-state index contributed by atoms with van der Waals surface area (Å²) in [4.78, 5) is 38.6. The van der Waals surface area contributed by atoms with E-state index in [-0.39, 0.29) is 17.6 Å². The Balaban J connectivity index is 1.83. The van der Waals surface area contributed by atoms with Crippen LogP contribution in [0.2, 0.25) is 0 Å². The first kappa shape index (κ1) is 20.9. The zero-order valence-electron chi connectivity index (χ0n) is 17.0. The average Bonchev–Trinajstić information content (AvgIpc) is 2.96. The van der Waals surface area contributed by atoms with Gasteiger partial charge < -0.3 is 25.2 Å². The third kappa shape index (κ3) is 3.85. The fourth-order valence-corrected chi connectivity index (χ4v) is 3.62. The van der Waals surface area contributed by atoms with E-state index in [9.17, 15) is 19.5 Å². The predicted molar refractivity (Wildman–Crippen MR) is 105 cm³/mol. The van der Waals surface area contributed by atoms with Crippen LogP contribution in [-0.4, -0.2) is 46.8 Å². The molecule has 0 bridgehead atoms. The van der Waals surface area contributed by atoms with Crippen LogP contribution in [-0.2, 0) is 23.9 Å². The molecule has 0 radical (unpaired) electrons. The quantitative estimate of drug-likeness (QED) is 0.333. The van der Waals surface area contributed by atoms with Gasteiger partial charge >= 0.3 is 11.9 Å². The largest absolute Gasteiger partial charge is 0.427 e. The molecule has 3 N–H and O–H groups in total. The van der Waals surface area contributed by atoms with Gasteiger partial charge in [0, 0.05) is 5.69 Å². The monoisotopic (exact) mass is 402 g/mol. The van der Waals surface area contributed by atoms with Crippen molar-refractivity contribution in [3.05, 3.63) is 35.5 Å². The van der Waals surface area contributed by atoms with Crippen LogP contribution >= 0.6 is 0 Å². The van der Waals surface area contributed by atoms with E-state index in [1.807, 2.05) is 0 Å². The third-order valence-corrected chi connectivity index (χ3v) is 5.17. The van der Waals surface area contributed by atoms with Gasteiger partial charge in [0.2, 0.25) is 12.7 Å². The van der Waals surface area contributed by atoms with E-state index in [0.717, 1.165) is 5.56 Å². The highest BCUT2D eigenvalue weighted by Crippen LogP contribution is 2.47. The third-order valence-electron chi connectivity index (χ3n) is 5.17. The lowest BCUT2D eigenvalue weighted by Crippen LogP contribution is -2.61. The number of carbonyl (C=O) groups excluding carboxylic acids is 3. The molecule has 156 valence electrons. The lowest BCUT2D eigenvalue weighted by molar-refractivity contribution is -0.175. The molecular formula is C21H26N2O6. The molecule has 1 fully saturated rings. The summed E-state index contributed by atoms with van der Waals surface area (Å²) in [6, 6.07) is 6.64. The Morgan fingerprint density at radius 2 is 1.86 bits per heavy atom. The van der Waals surface area contributed by atoms with Crippen molar-refractivity contribution >= 4 is 29.1 Å². The number of esters is 2. The van der Waals surface area contributed by atoms with E-state index < -0.39 is 36.2 Å². The maximum absolute atomic E-state index is 12.8. The summed E-state index contributed by atoms with van der Waals surface area (Å²) in [5.74, 6) is -2.15. The van der Waals surface area contributed by atoms with E-state index in [4.69, 9.17) is 15.2 Å². The highest BCUT2D eigenvalue weighted by molar-refractivity contribution is 6.06. The molecule has 0 aliphatic carbocycles. The molecule has 0 spiro atoms. The number of β-lactam (4-membered cyclic amide) rings is 1. The number of hydrogen-bond donors (Lipinski definition) is 2. The van der Waals surface area contributed by atoms with Crippen LogP contribution in [0.5, 0.6) is 0 Å². The number of nitrogens with two attached hydrogens (primary N) is 1. The van der Waals surface area contributed by atoms with Crippen LogP contribution < -0.4 is 5.73 Å². The van der Waals surface area contributed by atoms with Crippen molar-refractivity contribution in [3.8, 4) is 0 Å². The first-order valence-corrected chi connectivity index (χ1v) is 9.47. The Kier molecular flexibility index (Phi) is 5.40. The van der Waals surface area contributed by atoms with Gasteiger partial charge in [-0.15, -0.1) is 0 Å². The Labute approximate surface area is 169 Å². The average molecular weight is 402 g/mol. The Morgan fingerprint density at radius 3 is 2.41 bits per heavy atom. The molecule has 3 rings (SSSR count). The van der Waals surface area contributed by atoms with Crippen molar-refractivity contribution < 1.29 is 29.0 Å². The lowest BCUT2D eigenvalue weighted by atomic mass is 9.82. The molecule has 2 aliphatic rings. The van der Waals surface area contributed by atoms with Gasteiger partial charge in [0.25, 0.3) is 0 Å². The summed E-state index contributed by atoms with van der Waals surface area (Å²) in [6.07, 6.45) is -0.406. The maximum atomic E-state index is 12.8. The van der Waals surface area contributed by atoms with Gasteiger partial charge in [0.1, 0.15) is 5.70 Å². The minimum Gasteiger partial charge on any atom is -0.427 e. The molecule has 0 unspecified atom stereocenters. The summed E-state index contributed by atoms with van der Waals surface area (Å²) in [6.45, 7) is 6.09. The zero-order chi connectivity index (χ0) is 21.5. The molecule has 2 heterocycles. The fourth-order valence-electron chi connectivity index (χ4n) is 3.62. The summed E-state index contributed by atoms with van der Waals surface area (Å²) in [5.41, 5.74) is 7.09. The predicted octanol–water partition coefficient (Wildman–Crippen LogP) is 1.68. The maximum Gasteiger partial charge on any atom is 0.358 e. The number of benzene rings is 1. The van der Waals surface area contributed by atoms with Gasteiger partial charge in [0.05, 0.1) is 23.5 Å². The normalized spacial score (nSPS) is 22.1. The Bertz CT molecular complexity index is 866. The van der Waals surface area contributed by atoms with Gasteiger partial charge in [-0.3, -0.25) is 9.59 Å². The number of amides is 1. The summed E-state index contributed by atoms with van der Waals surface area (Å²) in [7, 11) is 0. The molecule has 8 nitrogen and oxygen atoms in total. The van der Waals surface area contributed by atoms with Crippen LogP contribution in [0.3, 0.4) is 0 Å². The first-order valence-electron chi connectivity index (χ1n) is 9.47. The molecule has 1 aromatic carbocycles. The number of nitrogen functional groups attached to an aromatic ring is 1. The number of hydrogen-bond acceptors (Lipinski definition) is 7. The van der Waals surface area contributed by atoms with E-state index >= 15 is 0 Å². The highest BCUT2D eigenvalue weighted by atomic mass is 16.7. The molecule has 0 saturated carbocycles. The minimum atomic E-state index is -0.820. The van der Waals surface area contributed by atoms with Crippen LogP contribution in [0.4, 0.5) is 5.69 Å². The van der Waals surface area contributed by atoms with Gasteiger partial charge in [0.15, 0.2) is 0 Å². The summed E-state index contributed by atoms with van der Waals surface area (Å²) >= 11 is 0. The van der Waals surface area contributed by atoms with Crippen LogP contribution in [0, 0.1) is 11.3 Å². The molecule has 2 aliphatic heterocycles. The molecule has 8 heteroatoms. The number of anilines is 1. The number of aliphatic hydroxyl groups is 1. The van der Waals surface area contributed by atoms with Crippen molar-refractivity contribution in [2.45, 2.75) is 46.3 Å². The summed E-state index contributed by atoms with van der Waals surface area (Å²) < 4.78 is 10.1. The number of nitrogens with zero attached hydrogens (tertiary/aromatic N) is 1. The smallest absolute Gasteiger partial charge is 0.358 e. The molecule has 3 atom stereocenters. The van der Waals surface area contributed by atoms with Crippen molar-refractivity contribution in [2.75, 3.05) is 12.5 Å². The van der Waals surface area contributed by atoms with Crippen molar-refractivity contribution in [3.63, 3.8) is 0 Å². The SMILES string of the molecule is C[C@@H](O)[C@H]1C(=O)N2C(C(=O)OCOC(=O)C(C)(C)C)=C(c3ccc(N)cc3)C[C@H]12. The van der Waals surface area contributed by atoms with Crippen LogP contribution in [0.1, 0.15) is 39.7 Å². The molecule has 1 amide bonds. The fraction of sp³-hybridized carbons (Fsp3) is 0.476. The first-order chi connectivity index (χ1) is 13.5. The molecular weight excluding hydrogens is 376 g/mol. The standard InChI is InChI=1S/C21H26N2O6/c1-11(24)16-15-9-14(12-5-7-13(22)8-6-12)17(23(15)18(16)25)19(26)28-10-29-20(27)21(2,3)4/h5-8,11,15-16,24H,9-10,22H2,1-4H3/t11-,15-,16-/m1/s1.